The minimum Gasteiger partial charge on any atom is -0.322 e. The highest BCUT2D eigenvalue weighted by Crippen LogP contribution is 2.54. The van der Waals surface area contributed by atoms with E-state index in [0.717, 1.165) is 33.6 Å². The van der Waals surface area contributed by atoms with Crippen molar-refractivity contribution < 1.29 is 9.59 Å². The fraction of sp³-hybridized carbons (Fsp3) is 0.263. The molecule has 2 aliphatic rings. The summed E-state index contributed by atoms with van der Waals surface area (Å²) >= 11 is 1.40. The SMILES string of the molecule is Cc1cc(C)cc(N2C(=O)CS[C@]23C(=O)Nc2c(C)cccc23)c1. The molecule has 1 spiro atoms. The van der Waals surface area contributed by atoms with Gasteiger partial charge in [0, 0.05) is 11.3 Å². The molecule has 1 saturated heterocycles. The number of carbonyl (C=O) groups is 2. The molecule has 0 unspecified atom stereocenters. The summed E-state index contributed by atoms with van der Waals surface area (Å²) in [5.41, 5.74) is 5.66. The molecule has 5 heteroatoms. The van der Waals surface area contributed by atoms with Gasteiger partial charge in [0.2, 0.25) is 10.8 Å². The summed E-state index contributed by atoms with van der Waals surface area (Å²) in [6.07, 6.45) is 0. The van der Waals surface area contributed by atoms with Crippen LogP contribution in [0.3, 0.4) is 0 Å². The van der Waals surface area contributed by atoms with E-state index in [2.05, 4.69) is 11.4 Å². The first kappa shape index (κ1) is 15.3. The van der Waals surface area contributed by atoms with Gasteiger partial charge in [-0.3, -0.25) is 14.5 Å². The molecule has 2 heterocycles. The van der Waals surface area contributed by atoms with Crippen molar-refractivity contribution in [3.8, 4) is 0 Å². The van der Waals surface area contributed by atoms with Crippen LogP contribution >= 0.6 is 11.8 Å². The number of aryl methyl sites for hydroxylation is 3. The first-order valence-corrected chi connectivity index (χ1v) is 8.89. The molecular formula is C19H18N2O2S. The summed E-state index contributed by atoms with van der Waals surface area (Å²) in [4.78, 5) is 26.4. The van der Waals surface area contributed by atoms with Gasteiger partial charge in [-0.25, -0.2) is 0 Å². The van der Waals surface area contributed by atoms with E-state index in [0.29, 0.717) is 5.75 Å². The van der Waals surface area contributed by atoms with E-state index < -0.39 is 4.87 Å². The number of fused-ring (bicyclic) bond motifs is 2. The van der Waals surface area contributed by atoms with Gasteiger partial charge in [-0.1, -0.05) is 24.3 Å². The maximum atomic E-state index is 13.0. The molecule has 2 aromatic carbocycles. The van der Waals surface area contributed by atoms with Gasteiger partial charge in [0.05, 0.1) is 11.4 Å². The number of thioether (sulfide) groups is 1. The molecule has 4 rings (SSSR count). The zero-order valence-electron chi connectivity index (χ0n) is 13.8. The van der Waals surface area contributed by atoms with Crippen LogP contribution in [0.15, 0.2) is 36.4 Å². The molecule has 1 atom stereocenters. The van der Waals surface area contributed by atoms with Crippen LogP contribution in [0.25, 0.3) is 0 Å². The van der Waals surface area contributed by atoms with Crippen LogP contribution < -0.4 is 10.2 Å². The molecule has 0 radical (unpaired) electrons. The zero-order valence-corrected chi connectivity index (χ0v) is 14.7. The van der Waals surface area contributed by atoms with E-state index in [1.54, 1.807) is 4.90 Å². The average molecular weight is 338 g/mol. The third-order valence-electron chi connectivity index (χ3n) is 4.62. The second kappa shape index (κ2) is 5.11. The first-order chi connectivity index (χ1) is 11.4. The first-order valence-electron chi connectivity index (χ1n) is 7.90. The predicted molar refractivity (Wildman–Crippen MR) is 97.3 cm³/mol. The highest BCUT2D eigenvalue weighted by Gasteiger charge is 2.58. The van der Waals surface area contributed by atoms with E-state index in [4.69, 9.17) is 0 Å². The van der Waals surface area contributed by atoms with Crippen molar-refractivity contribution in [2.45, 2.75) is 25.6 Å². The van der Waals surface area contributed by atoms with E-state index in [1.165, 1.54) is 11.8 Å². The van der Waals surface area contributed by atoms with Crippen LogP contribution in [-0.4, -0.2) is 17.6 Å². The number of para-hydroxylation sites is 1. The number of benzene rings is 2. The van der Waals surface area contributed by atoms with E-state index >= 15 is 0 Å². The highest BCUT2D eigenvalue weighted by atomic mass is 32.2. The van der Waals surface area contributed by atoms with Crippen molar-refractivity contribution >= 4 is 35.0 Å². The average Bonchev–Trinajstić information content (AvgIpc) is 3.00. The summed E-state index contributed by atoms with van der Waals surface area (Å²) in [5.74, 6) is 0.129. The van der Waals surface area contributed by atoms with E-state index in [9.17, 15) is 9.59 Å². The lowest BCUT2D eigenvalue weighted by atomic mass is 10.0. The topological polar surface area (TPSA) is 49.4 Å². The summed E-state index contributed by atoms with van der Waals surface area (Å²) in [7, 11) is 0. The lowest BCUT2D eigenvalue weighted by Gasteiger charge is -2.32. The van der Waals surface area contributed by atoms with Crippen LogP contribution in [0, 0.1) is 20.8 Å². The lowest BCUT2D eigenvalue weighted by molar-refractivity contribution is -0.122. The lowest BCUT2D eigenvalue weighted by Crippen LogP contribution is -2.47. The third kappa shape index (κ3) is 1.94. The second-order valence-corrected chi connectivity index (χ2v) is 7.63. The molecule has 122 valence electrons. The Labute approximate surface area is 145 Å². The van der Waals surface area contributed by atoms with Crippen LogP contribution in [-0.2, 0) is 14.5 Å². The van der Waals surface area contributed by atoms with Crippen LogP contribution in [0.5, 0.6) is 0 Å². The zero-order chi connectivity index (χ0) is 17.1. The molecule has 2 aliphatic heterocycles. The van der Waals surface area contributed by atoms with Gasteiger partial charge < -0.3 is 5.32 Å². The van der Waals surface area contributed by atoms with Crippen molar-refractivity contribution in [2.75, 3.05) is 16.0 Å². The molecule has 0 aromatic heterocycles. The van der Waals surface area contributed by atoms with Gasteiger partial charge in [0.1, 0.15) is 0 Å². The van der Waals surface area contributed by atoms with Gasteiger partial charge in [-0.15, -0.1) is 11.8 Å². The summed E-state index contributed by atoms with van der Waals surface area (Å²) < 4.78 is 0. The minimum absolute atomic E-state index is 0.0329. The molecule has 0 saturated carbocycles. The molecular weight excluding hydrogens is 320 g/mol. The molecule has 2 aromatic rings. The molecule has 4 nitrogen and oxygen atoms in total. The van der Waals surface area contributed by atoms with E-state index in [-0.39, 0.29) is 11.8 Å². The number of nitrogens with zero attached hydrogens (tertiary/aromatic N) is 1. The van der Waals surface area contributed by atoms with Crippen molar-refractivity contribution in [2.24, 2.45) is 0 Å². The fourth-order valence-electron chi connectivity index (χ4n) is 3.68. The molecule has 0 bridgehead atoms. The molecule has 0 aliphatic carbocycles. The summed E-state index contributed by atoms with van der Waals surface area (Å²) in [5, 5.41) is 2.99. The van der Waals surface area contributed by atoms with Crippen molar-refractivity contribution in [3.63, 3.8) is 0 Å². The molecule has 1 N–H and O–H groups in total. The standard InChI is InChI=1S/C19H18N2O2S/c1-11-7-12(2)9-14(8-11)21-16(22)10-24-19(21)15-6-4-5-13(3)17(15)20-18(19)23/h4-9H,10H2,1-3H3,(H,20,23)/t19-/m1/s1. The number of nitrogens with one attached hydrogen (secondary N) is 1. The van der Waals surface area contributed by atoms with Crippen molar-refractivity contribution in [1.29, 1.82) is 0 Å². The van der Waals surface area contributed by atoms with Crippen molar-refractivity contribution in [1.82, 2.24) is 0 Å². The quantitative estimate of drug-likeness (QED) is 0.866. The van der Waals surface area contributed by atoms with Crippen LogP contribution in [0.4, 0.5) is 11.4 Å². The Hall–Kier alpha value is -2.27. The highest BCUT2D eigenvalue weighted by molar-refractivity contribution is 8.02. The Bertz CT molecular complexity index is 873. The minimum atomic E-state index is -1.00. The Morgan fingerprint density at radius 1 is 1.08 bits per heavy atom. The Kier molecular flexibility index (Phi) is 3.25. The predicted octanol–water partition coefficient (Wildman–Crippen LogP) is 3.50. The van der Waals surface area contributed by atoms with E-state index in [1.807, 2.05) is 51.1 Å². The van der Waals surface area contributed by atoms with Crippen molar-refractivity contribution in [3.05, 3.63) is 58.7 Å². The maximum Gasteiger partial charge on any atom is 0.266 e. The largest absolute Gasteiger partial charge is 0.322 e. The number of hydrogen-bond donors (Lipinski definition) is 1. The van der Waals surface area contributed by atoms with Gasteiger partial charge in [-0.05, 0) is 49.6 Å². The summed E-state index contributed by atoms with van der Waals surface area (Å²) in [6.45, 7) is 5.98. The number of hydrogen-bond acceptors (Lipinski definition) is 3. The number of amides is 2. The smallest absolute Gasteiger partial charge is 0.266 e. The second-order valence-electron chi connectivity index (χ2n) is 6.46. The maximum absolute atomic E-state index is 13.0. The number of carbonyl (C=O) groups excluding carboxylic acids is 2. The summed E-state index contributed by atoms with van der Waals surface area (Å²) in [6, 6.07) is 11.9. The third-order valence-corrected chi connectivity index (χ3v) is 6.01. The normalized spacial score (nSPS) is 22.2. The Balaban J connectivity index is 1.96. The van der Waals surface area contributed by atoms with Crippen LogP contribution in [0.1, 0.15) is 22.3 Å². The Morgan fingerprint density at radius 2 is 1.79 bits per heavy atom. The molecule has 1 fully saturated rings. The van der Waals surface area contributed by atoms with Crippen LogP contribution in [0.2, 0.25) is 0 Å². The van der Waals surface area contributed by atoms with Gasteiger partial charge in [0.25, 0.3) is 5.91 Å². The van der Waals surface area contributed by atoms with Gasteiger partial charge in [-0.2, -0.15) is 0 Å². The number of rotatable bonds is 1. The molecule has 2 amide bonds. The van der Waals surface area contributed by atoms with Gasteiger partial charge in [0.15, 0.2) is 0 Å². The monoisotopic (exact) mass is 338 g/mol. The number of anilines is 2. The Morgan fingerprint density at radius 3 is 2.50 bits per heavy atom. The molecule has 24 heavy (non-hydrogen) atoms. The fourth-order valence-corrected chi connectivity index (χ4v) is 4.98. The van der Waals surface area contributed by atoms with Gasteiger partial charge >= 0.3 is 0 Å².